The number of nitro benzene ring substituents is 1. The molecule has 98 valence electrons. The highest BCUT2D eigenvalue weighted by molar-refractivity contribution is 5.94. The van der Waals surface area contributed by atoms with Crippen LogP contribution in [0.2, 0.25) is 0 Å². The van der Waals surface area contributed by atoms with Crippen LogP contribution in [0.5, 0.6) is 0 Å². The van der Waals surface area contributed by atoms with Gasteiger partial charge in [-0.2, -0.15) is 4.39 Å². The molecule has 0 aliphatic carbocycles. The number of benzene rings is 1. The fourth-order valence-corrected chi connectivity index (χ4v) is 1.52. The summed E-state index contributed by atoms with van der Waals surface area (Å²) in [7, 11) is 0. The van der Waals surface area contributed by atoms with Gasteiger partial charge in [0, 0.05) is 13.1 Å². The van der Waals surface area contributed by atoms with Crippen LogP contribution < -0.4 is 0 Å². The fourth-order valence-electron chi connectivity index (χ4n) is 1.52. The zero-order valence-electron chi connectivity index (χ0n) is 9.94. The number of hydrogen-bond donors (Lipinski definition) is 0. The van der Waals surface area contributed by atoms with Gasteiger partial charge in [0.2, 0.25) is 5.82 Å². The van der Waals surface area contributed by atoms with E-state index in [4.69, 9.17) is 0 Å². The van der Waals surface area contributed by atoms with Gasteiger partial charge < -0.3 is 4.90 Å². The molecular formula is C11H12F2N2O3. The predicted molar refractivity (Wildman–Crippen MR) is 60.3 cm³/mol. The van der Waals surface area contributed by atoms with Crippen molar-refractivity contribution in [2.45, 2.75) is 13.8 Å². The van der Waals surface area contributed by atoms with Crippen molar-refractivity contribution in [1.82, 2.24) is 4.90 Å². The van der Waals surface area contributed by atoms with Gasteiger partial charge in [-0.25, -0.2) is 4.39 Å². The number of carbonyl (C=O) groups is 1. The molecule has 1 aromatic carbocycles. The van der Waals surface area contributed by atoms with Crippen LogP contribution in [-0.4, -0.2) is 28.8 Å². The number of nitro groups is 1. The Balaban J connectivity index is 3.23. The van der Waals surface area contributed by atoms with Crippen LogP contribution in [0.1, 0.15) is 24.2 Å². The molecular weight excluding hydrogens is 246 g/mol. The normalized spacial score (nSPS) is 10.2. The summed E-state index contributed by atoms with van der Waals surface area (Å²) in [5.74, 6) is -3.01. The van der Waals surface area contributed by atoms with E-state index >= 15 is 0 Å². The van der Waals surface area contributed by atoms with Crippen LogP contribution in [0.15, 0.2) is 12.1 Å². The fraction of sp³-hybridized carbons (Fsp3) is 0.364. The highest BCUT2D eigenvalue weighted by Crippen LogP contribution is 2.22. The molecule has 0 N–H and O–H groups in total. The van der Waals surface area contributed by atoms with E-state index in [2.05, 4.69) is 0 Å². The van der Waals surface area contributed by atoms with Crippen molar-refractivity contribution in [1.29, 1.82) is 0 Å². The molecule has 0 aromatic heterocycles. The van der Waals surface area contributed by atoms with Crippen LogP contribution in [0, 0.1) is 21.7 Å². The first kappa shape index (κ1) is 14.0. The lowest BCUT2D eigenvalue weighted by Crippen LogP contribution is -2.31. The molecule has 0 saturated heterocycles. The minimum absolute atomic E-state index is 0.341. The zero-order valence-corrected chi connectivity index (χ0v) is 9.94. The molecule has 5 nitrogen and oxygen atoms in total. The van der Waals surface area contributed by atoms with Gasteiger partial charge in [0.15, 0.2) is 0 Å². The number of hydrogen-bond acceptors (Lipinski definition) is 3. The second-order valence-corrected chi connectivity index (χ2v) is 3.52. The largest absolute Gasteiger partial charge is 0.339 e. The third kappa shape index (κ3) is 2.61. The molecule has 0 aliphatic heterocycles. The van der Waals surface area contributed by atoms with Crippen molar-refractivity contribution in [3.8, 4) is 0 Å². The predicted octanol–water partition coefficient (Wildman–Crippen LogP) is 2.36. The van der Waals surface area contributed by atoms with Crippen molar-refractivity contribution in [2.24, 2.45) is 0 Å². The average Bonchev–Trinajstić information content (AvgIpc) is 2.32. The first-order valence-corrected chi connectivity index (χ1v) is 5.35. The lowest BCUT2D eigenvalue weighted by Gasteiger charge is -2.18. The minimum atomic E-state index is -1.23. The number of halogens is 2. The highest BCUT2D eigenvalue weighted by Gasteiger charge is 2.23. The van der Waals surface area contributed by atoms with E-state index < -0.39 is 33.7 Å². The van der Waals surface area contributed by atoms with Gasteiger partial charge in [0.25, 0.3) is 5.91 Å². The molecule has 0 spiro atoms. The Bertz CT molecular complexity index is 487. The van der Waals surface area contributed by atoms with Gasteiger partial charge in [-0.1, -0.05) is 0 Å². The molecule has 0 saturated carbocycles. The molecule has 0 radical (unpaired) electrons. The van der Waals surface area contributed by atoms with Gasteiger partial charge in [-0.3, -0.25) is 14.9 Å². The second kappa shape index (κ2) is 5.52. The summed E-state index contributed by atoms with van der Waals surface area (Å²) in [6.07, 6.45) is 0. The zero-order chi connectivity index (χ0) is 13.9. The molecule has 0 bridgehead atoms. The van der Waals surface area contributed by atoms with E-state index in [1.54, 1.807) is 13.8 Å². The van der Waals surface area contributed by atoms with E-state index in [0.717, 1.165) is 0 Å². The average molecular weight is 258 g/mol. The third-order valence-electron chi connectivity index (χ3n) is 2.51. The quantitative estimate of drug-likeness (QED) is 0.615. The smallest absolute Gasteiger partial charge is 0.307 e. The van der Waals surface area contributed by atoms with Crippen LogP contribution in [0.4, 0.5) is 14.5 Å². The molecule has 0 aliphatic rings. The first-order chi connectivity index (χ1) is 8.42. The molecule has 0 atom stereocenters. The Morgan fingerprint density at radius 3 is 2.28 bits per heavy atom. The van der Waals surface area contributed by atoms with Gasteiger partial charge >= 0.3 is 5.69 Å². The van der Waals surface area contributed by atoms with Crippen LogP contribution in [0.25, 0.3) is 0 Å². The van der Waals surface area contributed by atoms with Crippen molar-refractivity contribution >= 4 is 11.6 Å². The van der Waals surface area contributed by atoms with Gasteiger partial charge in [-0.15, -0.1) is 0 Å². The SMILES string of the molecule is CCN(CC)C(=O)c1cc(F)c([N+](=O)[O-])cc1F. The maximum Gasteiger partial charge on any atom is 0.307 e. The number of rotatable bonds is 4. The van der Waals surface area contributed by atoms with Crippen molar-refractivity contribution in [3.05, 3.63) is 39.4 Å². The topological polar surface area (TPSA) is 63.5 Å². The van der Waals surface area contributed by atoms with Crippen molar-refractivity contribution < 1.29 is 18.5 Å². The van der Waals surface area contributed by atoms with Crippen molar-refractivity contribution in [2.75, 3.05) is 13.1 Å². The first-order valence-electron chi connectivity index (χ1n) is 5.35. The van der Waals surface area contributed by atoms with Crippen LogP contribution in [-0.2, 0) is 0 Å². The van der Waals surface area contributed by atoms with E-state index in [-0.39, 0.29) is 0 Å². The van der Waals surface area contributed by atoms with E-state index in [9.17, 15) is 23.7 Å². The summed E-state index contributed by atoms with van der Waals surface area (Å²) in [5, 5.41) is 10.4. The molecule has 0 heterocycles. The summed E-state index contributed by atoms with van der Waals surface area (Å²) in [6.45, 7) is 4.07. The monoisotopic (exact) mass is 258 g/mol. The molecule has 1 rings (SSSR count). The summed E-state index contributed by atoms with van der Waals surface area (Å²) < 4.78 is 26.9. The summed E-state index contributed by atoms with van der Waals surface area (Å²) in [4.78, 5) is 22.5. The van der Waals surface area contributed by atoms with Crippen molar-refractivity contribution in [3.63, 3.8) is 0 Å². The number of amides is 1. The highest BCUT2D eigenvalue weighted by atomic mass is 19.1. The van der Waals surface area contributed by atoms with Gasteiger partial charge in [-0.05, 0) is 19.9 Å². The Morgan fingerprint density at radius 1 is 1.28 bits per heavy atom. The lowest BCUT2D eigenvalue weighted by atomic mass is 10.1. The Kier molecular flexibility index (Phi) is 4.30. The van der Waals surface area contributed by atoms with Gasteiger partial charge in [0.1, 0.15) is 5.82 Å². The molecule has 0 fully saturated rings. The van der Waals surface area contributed by atoms with Crippen LogP contribution >= 0.6 is 0 Å². The number of carbonyl (C=O) groups excluding carboxylic acids is 1. The maximum atomic E-state index is 13.6. The maximum absolute atomic E-state index is 13.6. The lowest BCUT2D eigenvalue weighted by molar-refractivity contribution is -0.387. The Hall–Kier alpha value is -2.05. The van der Waals surface area contributed by atoms with E-state index in [0.29, 0.717) is 25.2 Å². The molecule has 1 aromatic rings. The molecule has 7 heteroatoms. The van der Waals surface area contributed by atoms with Gasteiger partial charge in [0.05, 0.1) is 16.6 Å². The molecule has 0 unspecified atom stereocenters. The minimum Gasteiger partial charge on any atom is -0.339 e. The molecule has 1 amide bonds. The van der Waals surface area contributed by atoms with Crippen LogP contribution in [0.3, 0.4) is 0 Å². The van der Waals surface area contributed by atoms with E-state index in [1.165, 1.54) is 4.90 Å². The Morgan fingerprint density at radius 2 is 1.83 bits per heavy atom. The number of nitrogens with zero attached hydrogens (tertiary/aromatic N) is 2. The standard InChI is InChI=1S/C11H12F2N2O3/c1-3-14(4-2)11(16)7-5-9(13)10(15(17)18)6-8(7)12/h5-6H,3-4H2,1-2H3. The molecule has 18 heavy (non-hydrogen) atoms. The summed E-state index contributed by atoms with van der Waals surface area (Å²) >= 11 is 0. The third-order valence-corrected chi connectivity index (χ3v) is 2.51. The second-order valence-electron chi connectivity index (χ2n) is 3.52. The summed E-state index contributed by atoms with van der Waals surface area (Å²) in [5.41, 5.74) is -1.48. The Labute approximate surface area is 102 Å². The van der Waals surface area contributed by atoms with E-state index in [1.807, 2.05) is 0 Å². The summed E-state index contributed by atoms with van der Waals surface area (Å²) in [6, 6.07) is 0.986.